The van der Waals surface area contributed by atoms with E-state index in [0.717, 1.165) is 4.43 Å². The first-order chi connectivity index (χ1) is 2.91. The van der Waals surface area contributed by atoms with Crippen LogP contribution in [-0.4, -0.2) is 10.3 Å². The van der Waals surface area contributed by atoms with Crippen LogP contribution in [0.5, 0.6) is 0 Å². The van der Waals surface area contributed by atoms with Gasteiger partial charge in [0.25, 0.3) is 0 Å². The van der Waals surface area contributed by atoms with E-state index in [9.17, 15) is 0 Å². The first-order valence-electron chi connectivity index (χ1n) is 1.49. The Kier molecular flexibility index (Phi) is 6.12. The van der Waals surface area contributed by atoms with Crippen LogP contribution in [0.3, 0.4) is 0 Å². The minimum atomic E-state index is 0.461. The number of hydrogen-bond donors (Lipinski definition) is 0. The van der Waals surface area contributed by atoms with Gasteiger partial charge in [-0.05, 0) is 0 Å². The van der Waals surface area contributed by atoms with Gasteiger partial charge in [-0.25, -0.2) is 0 Å². The first-order valence-corrected chi connectivity index (χ1v) is 3.55. The minimum Gasteiger partial charge on any atom is -0.113 e. The molecule has 2 heteroatoms. The van der Waals surface area contributed by atoms with E-state index in [1.165, 1.54) is 0 Å². The van der Waals surface area contributed by atoms with Gasteiger partial charge in [0.05, 0.1) is 10.3 Å². The highest BCUT2D eigenvalue weighted by atomic mass is 127. The summed E-state index contributed by atoms with van der Waals surface area (Å²) in [6.45, 7) is 0. The SMILES string of the molecule is ClCC#CCI. The van der Waals surface area contributed by atoms with E-state index >= 15 is 0 Å². The summed E-state index contributed by atoms with van der Waals surface area (Å²) < 4.78 is 0.879. The van der Waals surface area contributed by atoms with Crippen molar-refractivity contribution in [3.8, 4) is 11.8 Å². The molecule has 0 rings (SSSR count). The van der Waals surface area contributed by atoms with Crippen molar-refractivity contribution in [2.75, 3.05) is 10.3 Å². The number of alkyl halides is 2. The van der Waals surface area contributed by atoms with Gasteiger partial charge in [-0.3, -0.25) is 0 Å². The highest BCUT2D eigenvalue weighted by Gasteiger charge is 1.59. The number of hydrogen-bond acceptors (Lipinski definition) is 0. The molecule has 0 N–H and O–H groups in total. The maximum absolute atomic E-state index is 5.20. The molecule has 0 amide bonds. The van der Waals surface area contributed by atoms with E-state index in [-0.39, 0.29) is 0 Å². The molecule has 0 atom stereocenters. The summed E-state index contributed by atoms with van der Waals surface area (Å²) in [5.74, 6) is 5.97. The maximum Gasteiger partial charge on any atom is 0.0835 e. The Morgan fingerprint density at radius 1 is 1.50 bits per heavy atom. The number of halogens is 2. The third kappa shape index (κ3) is 4.58. The Morgan fingerprint density at radius 2 is 2.17 bits per heavy atom. The monoisotopic (exact) mass is 214 g/mol. The van der Waals surface area contributed by atoms with Crippen LogP contribution in [0.1, 0.15) is 0 Å². The third-order valence-electron chi connectivity index (χ3n) is 0.259. The molecule has 0 aliphatic rings. The summed E-state index contributed by atoms with van der Waals surface area (Å²) in [7, 11) is 0. The average Bonchev–Trinajstić information content (AvgIpc) is 1.61. The normalized spacial score (nSPS) is 6.33. The van der Waals surface area contributed by atoms with E-state index in [0.29, 0.717) is 5.88 Å². The van der Waals surface area contributed by atoms with Gasteiger partial charge in [0.2, 0.25) is 0 Å². The molecule has 0 fully saturated rings. The fourth-order valence-corrected chi connectivity index (χ4v) is 0.459. The van der Waals surface area contributed by atoms with E-state index in [2.05, 4.69) is 34.4 Å². The third-order valence-corrected chi connectivity index (χ3v) is 0.774. The molecule has 0 spiro atoms. The van der Waals surface area contributed by atoms with Crippen molar-refractivity contribution in [3.05, 3.63) is 0 Å². The van der Waals surface area contributed by atoms with Gasteiger partial charge in [0.1, 0.15) is 0 Å². The molecule has 34 valence electrons. The van der Waals surface area contributed by atoms with Crippen LogP contribution in [0, 0.1) is 11.8 Å². The van der Waals surface area contributed by atoms with Gasteiger partial charge in [-0.1, -0.05) is 34.4 Å². The van der Waals surface area contributed by atoms with Gasteiger partial charge in [0, 0.05) is 0 Å². The van der Waals surface area contributed by atoms with Crippen molar-refractivity contribution in [2.45, 2.75) is 0 Å². The summed E-state index contributed by atoms with van der Waals surface area (Å²) >= 11 is 7.38. The highest BCUT2D eigenvalue weighted by molar-refractivity contribution is 14.1. The molecule has 0 bridgehead atoms. The predicted molar refractivity (Wildman–Crippen MR) is 37.4 cm³/mol. The smallest absolute Gasteiger partial charge is 0.0835 e. The van der Waals surface area contributed by atoms with Crippen LogP contribution in [0.25, 0.3) is 0 Å². The van der Waals surface area contributed by atoms with Crippen molar-refractivity contribution < 1.29 is 0 Å². The van der Waals surface area contributed by atoms with Crippen LogP contribution < -0.4 is 0 Å². The Morgan fingerprint density at radius 3 is 2.33 bits per heavy atom. The second kappa shape index (κ2) is 5.58. The van der Waals surface area contributed by atoms with Crippen LogP contribution >= 0.6 is 34.2 Å². The lowest BCUT2D eigenvalue weighted by Gasteiger charge is -1.62. The zero-order chi connectivity index (χ0) is 4.83. The Labute approximate surface area is 56.4 Å². The molecule has 0 heterocycles. The first kappa shape index (κ1) is 6.58. The topological polar surface area (TPSA) is 0 Å². The molecule has 0 aliphatic heterocycles. The van der Waals surface area contributed by atoms with Crippen molar-refractivity contribution >= 4 is 34.2 Å². The van der Waals surface area contributed by atoms with Crippen LogP contribution in [0.4, 0.5) is 0 Å². The lowest BCUT2D eigenvalue weighted by atomic mass is 10.7. The molecular formula is C4H4ClI. The largest absolute Gasteiger partial charge is 0.113 e. The molecule has 0 saturated heterocycles. The molecule has 0 radical (unpaired) electrons. The summed E-state index contributed by atoms with van der Waals surface area (Å²) in [6, 6.07) is 0. The molecular weight excluding hydrogens is 210 g/mol. The van der Waals surface area contributed by atoms with Crippen molar-refractivity contribution in [1.82, 2.24) is 0 Å². The van der Waals surface area contributed by atoms with E-state index in [1.54, 1.807) is 0 Å². The standard InChI is InChI=1S/C4H4ClI/c5-3-1-2-4-6/h3-4H2. The molecule has 0 aromatic heterocycles. The molecule has 0 nitrogen and oxygen atoms in total. The van der Waals surface area contributed by atoms with E-state index in [1.807, 2.05) is 0 Å². The van der Waals surface area contributed by atoms with Crippen LogP contribution in [0.2, 0.25) is 0 Å². The second-order valence-electron chi connectivity index (χ2n) is 0.621. The van der Waals surface area contributed by atoms with Gasteiger partial charge in [-0.2, -0.15) is 0 Å². The van der Waals surface area contributed by atoms with Gasteiger partial charge < -0.3 is 0 Å². The zero-order valence-corrected chi connectivity index (χ0v) is 6.08. The van der Waals surface area contributed by atoms with Crippen molar-refractivity contribution in [3.63, 3.8) is 0 Å². The molecule has 0 saturated carbocycles. The fourth-order valence-electron chi connectivity index (χ4n) is 0.0945. The predicted octanol–water partition coefficient (Wildman–Crippen LogP) is 1.66. The van der Waals surface area contributed by atoms with Gasteiger partial charge in [-0.15, -0.1) is 11.6 Å². The van der Waals surface area contributed by atoms with Crippen LogP contribution in [-0.2, 0) is 0 Å². The summed E-state index contributed by atoms with van der Waals surface area (Å²) in [4.78, 5) is 0. The van der Waals surface area contributed by atoms with Gasteiger partial charge in [0.15, 0.2) is 0 Å². The Hall–Kier alpha value is 0.580. The van der Waals surface area contributed by atoms with E-state index in [4.69, 9.17) is 11.6 Å². The second-order valence-corrected chi connectivity index (χ2v) is 1.65. The lowest BCUT2D eigenvalue weighted by Crippen LogP contribution is -1.60. The maximum atomic E-state index is 5.20. The summed E-state index contributed by atoms with van der Waals surface area (Å²) in [5.41, 5.74) is 0. The molecule has 0 aromatic carbocycles. The van der Waals surface area contributed by atoms with E-state index < -0.39 is 0 Å². The Balaban J connectivity index is 2.90. The highest BCUT2D eigenvalue weighted by Crippen LogP contribution is 1.74. The van der Waals surface area contributed by atoms with Crippen molar-refractivity contribution in [1.29, 1.82) is 0 Å². The summed E-state index contributed by atoms with van der Waals surface area (Å²) in [6.07, 6.45) is 0. The molecule has 0 unspecified atom stereocenters. The summed E-state index contributed by atoms with van der Waals surface area (Å²) in [5, 5.41) is 0. The zero-order valence-electron chi connectivity index (χ0n) is 3.17. The molecule has 0 aliphatic carbocycles. The number of rotatable bonds is 0. The average molecular weight is 214 g/mol. The lowest BCUT2D eigenvalue weighted by molar-refractivity contribution is 1.87. The van der Waals surface area contributed by atoms with Crippen LogP contribution in [0.15, 0.2) is 0 Å². The molecule has 0 aromatic rings. The fraction of sp³-hybridized carbons (Fsp3) is 0.500. The molecule has 6 heavy (non-hydrogen) atoms. The van der Waals surface area contributed by atoms with Gasteiger partial charge >= 0.3 is 0 Å². The quantitative estimate of drug-likeness (QED) is 0.327. The van der Waals surface area contributed by atoms with Crippen molar-refractivity contribution in [2.24, 2.45) is 0 Å². The minimum absolute atomic E-state index is 0.461. The Bertz CT molecular complexity index is 61.4.